The van der Waals surface area contributed by atoms with Gasteiger partial charge in [0.15, 0.2) is 0 Å². The molecule has 5 nitrogen and oxygen atoms in total. The predicted octanol–water partition coefficient (Wildman–Crippen LogP) is 3.56. The van der Waals surface area contributed by atoms with Gasteiger partial charge in [0.25, 0.3) is 0 Å². The van der Waals surface area contributed by atoms with Gasteiger partial charge in [0.05, 0.1) is 17.0 Å². The van der Waals surface area contributed by atoms with Gasteiger partial charge in [0.2, 0.25) is 15.9 Å². The van der Waals surface area contributed by atoms with E-state index in [-0.39, 0.29) is 0 Å². The summed E-state index contributed by atoms with van der Waals surface area (Å²) in [5.41, 5.74) is 0.859. The standard InChI is InChI=1S/C16H16Cl2N2O3S/c1-20(24(2,22)23)15(11-6-4-3-5-7-11)16(21)19-14-10-12(17)8-9-13(14)18/h3-10,15H,1-2H3,(H,19,21)/t15-/m0/s1. The fraction of sp³-hybridized carbons (Fsp3) is 0.188. The third-order valence-corrected chi connectivity index (χ3v) is 5.26. The van der Waals surface area contributed by atoms with Crippen LogP contribution in [-0.4, -0.2) is 31.9 Å². The van der Waals surface area contributed by atoms with Crippen LogP contribution in [0.5, 0.6) is 0 Å². The van der Waals surface area contributed by atoms with Gasteiger partial charge < -0.3 is 5.32 Å². The number of hydrogen-bond donors (Lipinski definition) is 1. The van der Waals surface area contributed by atoms with Crippen molar-refractivity contribution in [1.29, 1.82) is 0 Å². The first-order chi connectivity index (χ1) is 11.2. The lowest BCUT2D eigenvalue weighted by Crippen LogP contribution is -2.38. The number of likely N-dealkylation sites (N-methyl/N-ethyl adjacent to an activating group) is 1. The first-order valence-electron chi connectivity index (χ1n) is 6.94. The topological polar surface area (TPSA) is 66.5 Å². The fourth-order valence-electron chi connectivity index (χ4n) is 2.15. The van der Waals surface area contributed by atoms with E-state index in [0.717, 1.165) is 10.6 Å². The molecular weight excluding hydrogens is 371 g/mol. The molecule has 0 radical (unpaired) electrons. The SMILES string of the molecule is CN([C@H](C(=O)Nc1cc(Cl)ccc1Cl)c1ccccc1)S(C)(=O)=O. The quantitative estimate of drug-likeness (QED) is 0.853. The number of anilines is 1. The van der Waals surface area contributed by atoms with Crippen LogP contribution in [0.1, 0.15) is 11.6 Å². The van der Waals surface area contributed by atoms with E-state index in [1.165, 1.54) is 13.1 Å². The van der Waals surface area contributed by atoms with Gasteiger partial charge in [-0.1, -0.05) is 53.5 Å². The van der Waals surface area contributed by atoms with Gasteiger partial charge in [-0.2, -0.15) is 4.31 Å². The lowest BCUT2D eigenvalue weighted by atomic mass is 10.1. The van der Waals surface area contributed by atoms with Gasteiger partial charge in [0, 0.05) is 12.1 Å². The summed E-state index contributed by atoms with van der Waals surface area (Å²) in [5.74, 6) is -0.529. The van der Waals surface area contributed by atoms with Crippen LogP contribution in [0.4, 0.5) is 5.69 Å². The Hall–Kier alpha value is -1.60. The molecule has 2 aromatic carbocycles. The molecule has 2 aromatic rings. The van der Waals surface area contributed by atoms with Gasteiger partial charge in [-0.3, -0.25) is 4.79 Å². The van der Waals surface area contributed by atoms with Gasteiger partial charge >= 0.3 is 0 Å². The number of hydrogen-bond acceptors (Lipinski definition) is 3. The molecule has 0 fully saturated rings. The van der Waals surface area contributed by atoms with E-state index in [1.54, 1.807) is 42.5 Å². The van der Waals surface area contributed by atoms with E-state index in [1.807, 2.05) is 0 Å². The van der Waals surface area contributed by atoms with Crippen LogP contribution in [0.3, 0.4) is 0 Å². The number of sulfonamides is 1. The summed E-state index contributed by atoms with van der Waals surface area (Å²) in [6, 6.07) is 12.2. The monoisotopic (exact) mass is 386 g/mol. The highest BCUT2D eigenvalue weighted by Crippen LogP contribution is 2.28. The maximum absolute atomic E-state index is 12.7. The summed E-state index contributed by atoms with van der Waals surface area (Å²) in [5, 5.41) is 3.35. The van der Waals surface area contributed by atoms with Crippen molar-refractivity contribution in [2.45, 2.75) is 6.04 Å². The highest BCUT2D eigenvalue weighted by Gasteiger charge is 2.31. The van der Waals surface area contributed by atoms with Crippen LogP contribution < -0.4 is 5.32 Å². The Kier molecular flexibility index (Phi) is 5.87. The van der Waals surface area contributed by atoms with E-state index in [9.17, 15) is 13.2 Å². The van der Waals surface area contributed by atoms with Crippen molar-refractivity contribution in [3.63, 3.8) is 0 Å². The Morgan fingerprint density at radius 1 is 1.12 bits per heavy atom. The Labute approximate surface area is 151 Å². The lowest BCUT2D eigenvalue weighted by Gasteiger charge is -2.25. The predicted molar refractivity (Wildman–Crippen MR) is 96.9 cm³/mol. The summed E-state index contributed by atoms with van der Waals surface area (Å²) in [7, 11) is -2.24. The van der Waals surface area contributed by atoms with Crippen LogP contribution in [0.15, 0.2) is 48.5 Å². The largest absolute Gasteiger partial charge is 0.323 e. The zero-order valence-electron chi connectivity index (χ0n) is 13.0. The van der Waals surface area contributed by atoms with Crippen LogP contribution >= 0.6 is 23.2 Å². The van der Waals surface area contributed by atoms with Crippen molar-refractivity contribution in [3.05, 3.63) is 64.1 Å². The van der Waals surface area contributed by atoms with Crippen molar-refractivity contribution >= 4 is 44.8 Å². The number of carbonyl (C=O) groups excluding carboxylic acids is 1. The average molecular weight is 387 g/mol. The normalized spacial score (nSPS) is 12.9. The Morgan fingerprint density at radius 3 is 2.33 bits per heavy atom. The minimum Gasteiger partial charge on any atom is -0.323 e. The number of rotatable bonds is 5. The molecule has 0 aliphatic rings. The van der Waals surface area contributed by atoms with Crippen LogP contribution in [0.25, 0.3) is 0 Å². The highest BCUT2D eigenvalue weighted by molar-refractivity contribution is 7.88. The minimum absolute atomic E-state index is 0.307. The van der Waals surface area contributed by atoms with Gasteiger partial charge in [-0.05, 0) is 23.8 Å². The Morgan fingerprint density at radius 2 is 1.75 bits per heavy atom. The molecule has 0 saturated carbocycles. The Balaban J connectivity index is 2.40. The molecule has 1 amide bonds. The lowest BCUT2D eigenvalue weighted by molar-refractivity contribution is -0.119. The summed E-state index contributed by atoms with van der Waals surface area (Å²) in [4.78, 5) is 12.7. The van der Waals surface area contributed by atoms with E-state index in [0.29, 0.717) is 21.3 Å². The zero-order valence-corrected chi connectivity index (χ0v) is 15.4. The summed E-state index contributed by atoms with van der Waals surface area (Å²) < 4.78 is 24.9. The van der Waals surface area contributed by atoms with Gasteiger partial charge in [-0.25, -0.2) is 8.42 Å². The second kappa shape index (κ2) is 7.53. The first-order valence-corrected chi connectivity index (χ1v) is 9.54. The van der Waals surface area contributed by atoms with E-state index in [4.69, 9.17) is 23.2 Å². The molecule has 128 valence electrons. The third-order valence-electron chi connectivity index (χ3n) is 3.44. The molecule has 2 rings (SSSR count). The van der Waals surface area contributed by atoms with Crippen molar-refractivity contribution in [2.24, 2.45) is 0 Å². The van der Waals surface area contributed by atoms with E-state index >= 15 is 0 Å². The van der Waals surface area contributed by atoms with E-state index < -0.39 is 22.0 Å². The second-order valence-corrected chi connectivity index (χ2v) is 8.09. The molecule has 0 aliphatic carbocycles. The van der Waals surface area contributed by atoms with Crippen molar-refractivity contribution in [3.8, 4) is 0 Å². The van der Waals surface area contributed by atoms with Crippen molar-refractivity contribution < 1.29 is 13.2 Å². The maximum atomic E-state index is 12.7. The summed E-state index contributed by atoms with van der Waals surface area (Å²) in [6.07, 6.45) is 1.04. The number of nitrogens with zero attached hydrogens (tertiary/aromatic N) is 1. The summed E-state index contributed by atoms with van der Waals surface area (Å²) >= 11 is 12.0. The number of amides is 1. The van der Waals surface area contributed by atoms with Gasteiger partial charge in [-0.15, -0.1) is 0 Å². The third kappa shape index (κ3) is 4.48. The van der Waals surface area contributed by atoms with Crippen LogP contribution in [0, 0.1) is 0 Å². The molecule has 24 heavy (non-hydrogen) atoms. The smallest absolute Gasteiger partial charge is 0.247 e. The van der Waals surface area contributed by atoms with Gasteiger partial charge in [0.1, 0.15) is 6.04 Å². The Bertz CT molecular complexity index is 842. The molecule has 0 spiro atoms. The summed E-state index contributed by atoms with van der Waals surface area (Å²) in [6.45, 7) is 0. The molecule has 0 saturated heterocycles. The van der Waals surface area contributed by atoms with E-state index in [2.05, 4.69) is 5.32 Å². The second-order valence-electron chi connectivity index (χ2n) is 5.21. The average Bonchev–Trinajstić information content (AvgIpc) is 2.51. The molecule has 0 unspecified atom stereocenters. The molecular formula is C16H16Cl2N2O3S. The molecule has 0 heterocycles. The first kappa shape index (κ1) is 18.7. The van der Waals surface area contributed by atoms with Crippen LogP contribution in [-0.2, 0) is 14.8 Å². The number of carbonyl (C=O) groups is 1. The number of benzene rings is 2. The molecule has 1 N–H and O–H groups in total. The van der Waals surface area contributed by atoms with Crippen molar-refractivity contribution in [2.75, 3.05) is 18.6 Å². The zero-order chi connectivity index (χ0) is 17.9. The number of nitrogens with one attached hydrogen (secondary N) is 1. The highest BCUT2D eigenvalue weighted by atomic mass is 35.5. The molecule has 0 aliphatic heterocycles. The molecule has 0 bridgehead atoms. The fourth-order valence-corrected chi connectivity index (χ4v) is 3.08. The number of halogens is 2. The van der Waals surface area contributed by atoms with Crippen LogP contribution in [0.2, 0.25) is 10.0 Å². The van der Waals surface area contributed by atoms with Crippen molar-refractivity contribution in [1.82, 2.24) is 4.31 Å². The molecule has 1 atom stereocenters. The minimum atomic E-state index is -3.59. The molecule has 0 aromatic heterocycles. The molecule has 8 heteroatoms. The maximum Gasteiger partial charge on any atom is 0.247 e.